The van der Waals surface area contributed by atoms with Gasteiger partial charge >= 0.3 is 5.97 Å². The van der Waals surface area contributed by atoms with Gasteiger partial charge in [0.05, 0.1) is 6.04 Å². The topological polar surface area (TPSA) is 166 Å². The number of aromatic nitrogens is 1. The van der Waals surface area contributed by atoms with Gasteiger partial charge in [0.1, 0.15) is 18.1 Å². The molecule has 2 rings (SSSR count). The molecule has 10 heteroatoms. The zero-order valence-electron chi connectivity index (χ0n) is 22.5. The summed E-state index contributed by atoms with van der Waals surface area (Å²) in [6, 6.07) is 3.72. The van der Waals surface area contributed by atoms with Gasteiger partial charge in [0.15, 0.2) is 0 Å². The summed E-state index contributed by atoms with van der Waals surface area (Å²) < 4.78 is 0. The molecule has 0 radical (unpaired) electrons. The van der Waals surface area contributed by atoms with Gasteiger partial charge < -0.3 is 31.8 Å². The molecule has 7 N–H and O–H groups in total. The lowest BCUT2D eigenvalue weighted by atomic mass is 9.97. The number of carbonyl (C=O) groups is 4. The van der Waals surface area contributed by atoms with Crippen molar-refractivity contribution in [3.8, 4) is 0 Å². The SMILES string of the molecule is CCC(C)C(N)C(=O)NC(Cc1c[nH]c2ccccc12)C(=O)NC(C(=O)NC(C(=O)O)C(C)C)C(C)C. The summed E-state index contributed by atoms with van der Waals surface area (Å²) in [5.41, 5.74) is 7.84. The average molecular weight is 516 g/mol. The lowest BCUT2D eigenvalue weighted by Crippen LogP contribution is -2.59. The van der Waals surface area contributed by atoms with Crippen molar-refractivity contribution in [1.29, 1.82) is 0 Å². The minimum absolute atomic E-state index is 0.0880. The van der Waals surface area contributed by atoms with E-state index in [-0.39, 0.29) is 24.2 Å². The molecule has 204 valence electrons. The summed E-state index contributed by atoms with van der Waals surface area (Å²) in [4.78, 5) is 54.2. The Kier molecular flexibility index (Phi) is 10.7. The van der Waals surface area contributed by atoms with E-state index in [1.807, 2.05) is 38.1 Å². The highest BCUT2D eigenvalue weighted by Gasteiger charge is 2.33. The third kappa shape index (κ3) is 7.79. The Labute approximate surface area is 218 Å². The van der Waals surface area contributed by atoms with E-state index in [1.165, 1.54) is 0 Å². The molecular formula is C27H41N5O5. The van der Waals surface area contributed by atoms with Gasteiger partial charge in [0, 0.05) is 23.5 Å². The molecule has 1 heterocycles. The van der Waals surface area contributed by atoms with Crippen LogP contribution >= 0.6 is 0 Å². The van der Waals surface area contributed by atoms with E-state index in [4.69, 9.17) is 5.73 Å². The molecule has 0 aliphatic carbocycles. The summed E-state index contributed by atoms with van der Waals surface area (Å²) in [5.74, 6) is -3.53. The average Bonchev–Trinajstić information content (AvgIpc) is 3.26. The fraction of sp³-hybridized carbons (Fsp3) is 0.556. The zero-order valence-corrected chi connectivity index (χ0v) is 22.5. The molecule has 0 fully saturated rings. The van der Waals surface area contributed by atoms with Gasteiger partial charge in [-0.3, -0.25) is 14.4 Å². The van der Waals surface area contributed by atoms with E-state index in [1.54, 1.807) is 33.9 Å². The Morgan fingerprint density at radius 2 is 1.49 bits per heavy atom. The predicted octanol–water partition coefficient (Wildman–Crippen LogP) is 1.93. The lowest BCUT2D eigenvalue weighted by molar-refractivity contribution is -0.143. The second-order valence-electron chi connectivity index (χ2n) is 10.3. The molecule has 1 aromatic heterocycles. The van der Waals surface area contributed by atoms with Crippen LogP contribution in [-0.4, -0.2) is 57.9 Å². The van der Waals surface area contributed by atoms with E-state index in [0.717, 1.165) is 16.5 Å². The fourth-order valence-corrected chi connectivity index (χ4v) is 4.06. The number of carboxylic acid groups (broad SMARTS) is 1. The molecule has 5 atom stereocenters. The maximum atomic E-state index is 13.5. The Morgan fingerprint density at radius 1 is 0.892 bits per heavy atom. The van der Waals surface area contributed by atoms with Crippen LogP contribution in [0.4, 0.5) is 0 Å². The number of carboxylic acids is 1. The van der Waals surface area contributed by atoms with E-state index >= 15 is 0 Å². The number of aliphatic carboxylic acids is 1. The van der Waals surface area contributed by atoms with Gasteiger partial charge in [0.25, 0.3) is 0 Å². The summed E-state index contributed by atoms with van der Waals surface area (Å²) >= 11 is 0. The molecule has 0 bridgehead atoms. The number of nitrogens with one attached hydrogen (secondary N) is 4. The van der Waals surface area contributed by atoms with Crippen molar-refractivity contribution in [2.24, 2.45) is 23.5 Å². The molecule has 0 aliphatic rings. The second kappa shape index (κ2) is 13.2. The predicted molar refractivity (Wildman–Crippen MR) is 143 cm³/mol. The molecule has 10 nitrogen and oxygen atoms in total. The molecule has 0 spiro atoms. The Morgan fingerprint density at radius 3 is 2.05 bits per heavy atom. The van der Waals surface area contributed by atoms with Crippen LogP contribution in [-0.2, 0) is 25.6 Å². The Bertz CT molecular complexity index is 1100. The van der Waals surface area contributed by atoms with Crippen LogP contribution in [0.5, 0.6) is 0 Å². The molecular weight excluding hydrogens is 474 g/mol. The first-order chi connectivity index (χ1) is 17.4. The number of aromatic amines is 1. The van der Waals surface area contributed by atoms with E-state index in [2.05, 4.69) is 20.9 Å². The number of amides is 3. The number of hydrogen-bond donors (Lipinski definition) is 6. The third-order valence-electron chi connectivity index (χ3n) is 6.77. The van der Waals surface area contributed by atoms with Crippen LogP contribution in [0, 0.1) is 17.8 Å². The lowest BCUT2D eigenvalue weighted by Gasteiger charge is -2.28. The van der Waals surface area contributed by atoms with Gasteiger partial charge in [-0.05, 0) is 29.4 Å². The molecule has 37 heavy (non-hydrogen) atoms. The number of H-pyrrole nitrogens is 1. The third-order valence-corrected chi connectivity index (χ3v) is 6.77. The first-order valence-corrected chi connectivity index (χ1v) is 12.8. The Hall–Kier alpha value is -3.40. The summed E-state index contributed by atoms with van der Waals surface area (Å²) in [6.45, 7) is 10.7. The maximum Gasteiger partial charge on any atom is 0.326 e. The number of rotatable bonds is 13. The molecule has 5 unspecified atom stereocenters. The van der Waals surface area contributed by atoms with Crippen LogP contribution in [0.15, 0.2) is 30.5 Å². The highest BCUT2D eigenvalue weighted by Crippen LogP contribution is 2.20. The van der Waals surface area contributed by atoms with Gasteiger partial charge in [-0.1, -0.05) is 66.2 Å². The van der Waals surface area contributed by atoms with Crippen molar-refractivity contribution in [3.63, 3.8) is 0 Å². The minimum atomic E-state index is -1.15. The molecule has 2 aromatic rings. The summed E-state index contributed by atoms with van der Waals surface area (Å²) in [5, 5.41) is 18.4. The zero-order chi connectivity index (χ0) is 27.9. The van der Waals surface area contributed by atoms with Crippen LogP contribution in [0.25, 0.3) is 10.9 Å². The smallest absolute Gasteiger partial charge is 0.326 e. The second-order valence-corrected chi connectivity index (χ2v) is 10.3. The van der Waals surface area contributed by atoms with Crippen molar-refractivity contribution in [1.82, 2.24) is 20.9 Å². The van der Waals surface area contributed by atoms with Crippen molar-refractivity contribution in [2.45, 2.75) is 78.6 Å². The van der Waals surface area contributed by atoms with Crippen molar-refractivity contribution >= 4 is 34.6 Å². The highest BCUT2D eigenvalue weighted by atomic mass is 16.4. The van der Waals surface area contributed by atoms with E-state index in [0.29, 0.717) is 6.42 Å². The number of fused-ring (bicyclic) bond motifs is 1. The molecule has 3 amide bonds. The molecule has 0 saturated carbocycles. The number of carbonyl (C=O) groups excluding carboxylic acids is 3. The number of nitrogens with two attached hydrogens (primary N) is 1. The number of benzene rings is 1. The van der Waals surface area contributed by atoms with Gasteiger partial charge in [-0.2, -0.15) is 0 Å². The minimum Gasteiger partial charge on any atom is -0.480 e. The fourth-order valence-electron chi connectivity index (χ4n) is 4.06. The highest BCUT2D eigenvalue weighted by molar-refractivity contribution is 5.95. The van der Waals surface area contributed by atoms with Crippen LogP contribution in [0.3, 0.4) is 0 Å². The largest absolute Gasteiger partial charge is 0.480 e. The van der Waals surface area contributed by atoms with E-state index < -0.39 is 47.9 Å². The first-order valence-electron chi connectivity index (χ1n) is 12.8. The maximum absolute atomic E-state index is 13.5. The van der Waals surface area contributed by atoms with Gasteiger partial charge in [0.2, 0.25) is 17.7 Å². The molecule has 1 aromatic carbocycles. The van der Waals surface area contributed by atoms with Crippen molar-refractivity contribution in [2.75, 3.05) is 0 Å². The molecule has 0 aliphatic heterocycles. The quantitative estimate of drug-likeness (QED) is 0.238. The van der Waals surface area contributed by atoms with Gasteiger partial charge in [-0.15, -0.1) is 0 Å². The van der Waals surface area contributed by atoms with Crippen LogP contribution in [0.1, 0.15) is 53.5 Å². The molecule has 0 saturated heterocycles. The monoisotopic (exact) mass is 515 g/mol. The Balaban J connectivity index is 2.31. The van der Waals surface area contributed by atoms with Crippen molar-refractivity contribution in [3.05, 3.63) is 36.0 Å². The summed E-state index contributed by atoms with van der Waals surface area (Å²) in [6.07, 6.45) is 2.66. The van der Waals surface area contributed by atoms with Gasteiger partial charge in [-0.25, -0.2) is 4.79 Å². The standard InChI is InChI=1S/C27H41N5O5/c1-7-16(6)21(28)25(34)30-20(12-17-13-29-19-11-9-8-10-18(17)19)24(33)31-22(14(2)3)26(35)32-23(15(4)5)27(36)37/h8-11,13-16,20-23,29H,7,12,28H2,1-6H3,(H,30,34)(H,31,33)(H,32,35)(H,36,37). The van der Waals surface area contributed by atoms with E-state index in [9.17, 15) is 24.3 Å². The number of hydrogen-bond acceptors (Lipinski definition) is 5. The van der Waals surface area contributed by atoms with Crippen LogP contribution in [0.2, 0.25) is 0 Å². The van der Waals surface area contributed by atoms with Crippen LogP contribution < -0.4 is 21.7 Å². The number of para-hydroxylation sites is 1. The first kappa shape index (κ1) is 29.8. The summed E-state index contributed by atoms with van der Waals surface area (Å²) in [7, 11) is 0. The van der Waals surface area contributed by atoms with Crippen molar-refractivity contribution < 1.29 is 24.3 Å². The normalized spacial score (nSPS) is 15.6.